The Morgan fingerprint density at radius 2 is 0.537 bits per heavy atom. The highest BCUT2D eigenvalue weighted by molar-refractivity contribution is 6.09. The van der Waals surface area contributed by atoms with Gasteiger partial charge in [0.2, 0.25) is 0 Å². The highest BCUT2D eigenvalue weighted by atomic mass is 19.4. The molecular weight excluding hydrogens is 895 g/mol. The summed E-state index contributed by atoms with van der Waals surface area (Å²) in [7, 11) is 0. The molecule has 0 atom stereocenters. The quantitative estimate of drug-likeness (QED) is 0.153. The second kappa shape index (κ2) is 16.6. The van der Waals surface area contributed by atoms with Gasteiger partial charge in [-0.1, -0.05) is 84.9 Å². The number of benzene rings is 8. The molecule has 0 aliphatic heterocycles. The first kappa shape index (κ1) is 44.5. The summed E-state index contributed by atoms with van der Waals surface area (Å²) in [6, 6.07) is 40.8. The second-order valence-electron chi connectivity index (χ2n) is 15.5. The van der Waals surface area contributed by atoms with Crippen LogP contribution in [0.2, 0.25) is 0 Å². The van der Waals surface area contributed by atoms with Crippen LogP contribution in [-0.4, -0.2) is 4.98 Å². The van der Waals surface area contributed by atoms with E-state index in [1.54, 1.807) is 24.3 Å². The lowest BCUT2D eigenvalue weighted by molar-refractivity contribution is -0.138. The first-order chi connectivity index (χ1) is 31.8. The van der Waals surface area contributed by atoms with Gasteiger partial charge in [-0.05, 0) is 119 Å². The summed E-state index contributed by atoms with van der Waals surface area (Å²) >= 11 is 0. The number of aromatic nitrogens is 1. The average molecular weight is 926 g/mol. The van der Waals surface area contributed by atoms with E-state index < -0.39 is 69.7 Å². The summed E-state index contributed by atoms with van der Waals surface area (Å²) in [5.41, 5.74) is -2.40. The Kier molecular flexibility index (Phi) is 11.1. The molecule has 338 valence electrons. The molecule has 1 heterocycles. The molecule has 9 aromatic rings. The summed E-state index contributed by atoms with van der Waals surface area (Å²) in [5.74, 6) is 0. The van der Waals surface area contributed by atoms with Gasteiger partial charge in [-0.25, -0.2) is 0 Å². The number of anilines is 6. The number of H-pyrrole nitrogens is 1. The summed E-state index contributed by atoms with van der Waals surface area (Å²) in [4.78, 5) is 5.22. The minimum absolute atomic E-state index is 0.0400. The lowest BCUT2D eigenvalue weighted by atomic mass is 9.99. The molecule has 0 spiro atoms. The molecular formula is C52H31F12N3. The van der Waals surface area contributed by atoms with Gasteiger partial charge in [0.25, 0.3) is 0 Å². The smallest absolute Gasteiger partial charge is 0.355 e. The number of rotatable bonds is 8. The zero-order valence-corrected chi connectivity index (χ0v) is 34.3. The summed E-state index contributed by atoms with van der Waals surface area (Å²) in [5, 5.41) is 1.52. The van der Waals surface area contributed by atoms with Crippen LogP contribution in [0.3, 0.4) is 0 Å². The van der Waals surface area contributed by atoms with Crippen LogP contribution in [0, 0.1) is 0 Å². The van der Waals surface area contributed by atoms with Gasteiger partial charge < -0.3 is 14.8 Å². The third-order valence-electron chi connectivity index (χ3n) is 11.3. The van der Waals surface area contributed by atoms with Gasteiger partial charge in [0.1, 0.15) is 0 Å². The van der Waals surface area contributed by atoms with Gasteiger partial charge >= 0.3 is 24.7 Å². The fourth-order valence-electron chi connectivity index (χ4n) is 8.31. The molecule has 0 radical (unpaired) electrons. The van der Waals surface area contributed by atoms with Crippen LogP contribution in [0.15, 0.2) is 182 Å². The topological polar surface area (TPSA) is 22.3 Å². The molecule has 0 fully saturated rings. The van der Waals surface area contributed by atoms with Crippen molar-refractivity contribution in [2.45, 2.75) is 24.7 Å². The minimum atomic E-state index is -4.89. The first-order valence-electron chi connectivity index (χ1n) is 20.3. The van der Waals surface area contributed by atoms with E-state index in [1.165, 1.54) is 48.5 Å². The van der Waals surface area contributed by atoms with E-state index in [4.69, 9.17) is 0 Å². The molecule has 0 aliphatic carbocycles. The molecule has 15 heteroatoms. The third kappa shape index (κ3) is 8.64. The maximum absolute atomic E-state index is 14.3. The zero-order valence-electron chi connectivity index (χ0n) is 34.3. The Bertz CT molecular complexity index is 2920. The molecule has 1 aromatic heterocycles. The lowest BCUT2D eigenvalue weighted by Crippen LogP contribution is -2.20. The first-order valence-corrected chi connectivity index (χ1v) is 20.3. The standard InChI is InChI=1S/C52H31F12N3/c53-49(54,55)39-9-1-5-13-45(39)66(46-14-6-2-10-40(46)50(56,57)58)35-23-17-31(18-24-35)33-21-27-43-37(29-33)38-30-34(22-28-44(38)65-43)32-19-25-36(26-20-32)67(47-15-7-3-11-41(47)51(59,60)61)48-16-8-4-12-42(48)52(62,63)64/h1-30,65H. The number of fused-ring (bicyclic) bond motifs is 3. The summed E-state index contributed by atoms with van der Waals surface area (Å²) in [6.07, 6.45) is -19.6. The number of hydrogen-bond donors (Lipinski definition) is 1. The molecule has 0 amide bonds. The molecule has 1 N–H and O–H groups in total. The third-order valence-corrected chi connectivity index (χ3v) is 11.3. The number of nitrogens with one attached hydrogen (secondary N) is 1. The van der Waals surface area contributed by atoms with Crippen LogP contribution in [0.4, 0.5) is 86.8 Å². The van der Waals surface area contributed by atoms with Crippen molar-refractivity contribution in [1.82, 2.24) is 4.98 Å². The van der Waals surface area contributed by atoms with E-state index in [-0.39, 0.29) is 11.4 Å². The van der Waals surface area contributed by atoms with Crippen molar-refractivity contribution in [1.29, 1.82) is 0 Å². The highest BCUT2D eigenvalue weighted by Gasteiger charge is 2.41. The number of aromatic amines is 1. The van der Waals surface area contributed by atoms with Crippen molar-refractivity contribution >= 4 is 55.9 Å². The van der Waals surface area contributed by atoms with E-state index in [9.17, 15) is 52.7 Å². The largest absolute Gasteiger partial charge is 0.418 e. The van der Waals surface area contributed by atoms with Crippen molar-refractivity contribution in [2.75, 3.05) is 9.80 Å². The van der Waals surface area contributed by atoms with Crippen molar-refractivity contribution in [3.05, 3.63) is 204 Å². The van der Waals surface area contributed by atoms with Crippen LogP contribution in [0.5, 0.6) is 0 Å². The van der Waals surface area contributed by atoms with Crippen LogP contribution in [0.1, 0.15) is 22.3 Å². The molecule has 0 unspecified atom stereocenters. The van der Waals surface area contributed by atoms with E-state index in [2.05, 4.69) is 4.98 Å². The lowest BCUT2D eigenvalue weighted by Gasteiger charge is -2.30. The van der Waals surface area contributed by atoms with Crippen molar-refractivity contribution < 1.29 is 52.7 Å². The molecule has 0 saturated heterocycles. The predicted octanol–water partition coefficient (Wildman–Crippen LogP) is 17.7. The molecule has 0 aliphatic rings. The van der Waals surface area contributed by atoms with Crippen LogP contribution in [-0.2, 0) is 24.7 Å². The minimum Gasteiger partial charge on any atom is -0.355 e. The summed E-state index contributed by atoms with van der Waals surface area (Å²) in [6.45, 7) is 0. The van der Waals surface area contributed by atoms with E-state index >= 15 is 0 Å². The number of alkyl halides is 12. The maximum atomic E-state index is 14.3. The van der Waals surface area contributed by atoms with E-state index in [0.29, 0.717) is 22.3 Å². The van der Waals surface area contributed by atoms with Crippen molar-refractivity contribution in [2.24, 2.45) is 0 Å². The molecule has 0 saturated carbocycles. The Morgan fingerprint density at radius 1 is 0.284 bits per heavy atom. The Labute approximate surface area is 373 Å². The summed E-state index contributed by atoms with van der Waals surface area (Å²) < 4.78 is 172. The molecule has 0 bridgehead atoms. The monoisotopic (exact) mass is 925 g/mol. The van der Waals surface area contributed by atoms with Gasteiger partial charge in [-0.15, -0.1) is 0 Å². The molecule has 8 aromatic carbocycles. The molecule has 3 nitrogen and oxygen atoms in total. The number of halogens is 12. The number of nitrogens with zero attached hydrogens (tertiary/aromatic N) is 2. The van der Waals surface area contributed by atoms with Crippen LogP contribution >= 0.6 is 0 Å². The normalized spacial score (nSPS) is 12.5. The fraction of sp³-hybridized carbons (Fsp3) is 0.0769. The van der Waals surface area contributed by atoms with E-state index in [1.807, 2.05) is 36.4 Å². The Balaban J connectivity index is 1.08. The molecule has 9 rings (SSSR count). The van der Waals surface area contributed by atoms with Crippen LogP contribution in [0.25, 0.3) is 44.1 Å². The maximum Gasteiger partial charge on any atom is 0.418 e. The van der Waals surface area contributed by atoms with E-state index in [0.717, 1.165) is 104 Å². The van der Waals surface area contributed by atoms with Gasteiger partial charge in [0.15, 0.2) is 0 Å². The van der Waals surface area contributed by atoms with Crippen molar-refractivity contribution in [3.63, 3.8) is 0 Å². The molecule has 67 heavy (non-hydrogen) atoms. The van der Waals surface area contributed by atoms with Crippen LogP contribution < -0.4 is 9.80 Å². The number of hydrogen-bond acceptors (Lipinski definition) is 2. The van der Waals surface area contributed by atoms with Gasteiger partial charge in [0.05, 0.1) is 45.0 Å². The SMILES string of the molecule is FC(F)(F)c1ccccc1N(c1ccc(-c2ccc3[nH]c4ccc(-c5ccc(N(c6ccccc6C(F)(F)F)c6ccccc6C(F)(F)F)cc5)cc4c3c2)cc1)c1ccccc1C(F)(F)F. The fourth-order valence-corrected chi connectivity index (χ4v) is 8.31. The Morgan fingerprint density at radius 3 is 0.806 bits per heavy atom. The van der Waals surface area contributed by atoms with Gasteiger partial charge in [-0.2, -0.15) is 52.7 Å². The van der Waals surface area contributed by atoms with Crippen molar-refractivity contribution in [3.8, 4) is 22.3 Å². The Hall–Kier alpha value is -7.68. The predicted molar refractivity (Wildman–Crippen MR) is 236 cm³/mol. The second-order valence-corrected chi connectivity index (χ2v) is 15.5. The van der Waals surface area contributed by atoms with Gasteiger partial charge in [0, 0.05) is 33.2 Å². The average Bonchev–Trinajstić information content (AvgIpc) is 3.66. The van der Waals surface area contributed by atoms with Gasteiger partial charge in [-0.3, -0.25) is 0 Å². The highest BCUT2D eigenvalue weighted by Crippen LogP contribution is 2.49. The number of para-hydroxylation sites is 4. The zero-order chi connectivity index (χ0) is 47.5.